The smallest absolute Gasteiger partial charge is 0.232 e. The number of hydrogen-bond donors (Lipinski definition) is 1. The summed E-state index contributed by atoms with van der Waals surface area (Å²) in [6.07, 6.45) is 3.76. The van der Waals surface area contributed by atoms with Crippen LogP contribution in [0.3, 0.4) is 0 Å². The zero-order valence-corrected chi connectivity index (χ0v) is 18.9. The molecule has 1 N–H and O–H groups in total. The third-order valence-electron chi connectivity index (χ3n) is 5.09. The topological polar surface area (TPSA) is 74.6 Å². The van der Waals surface area contributed by atoms with Gasteiger partial charge in [0.25, 0.3) is 0 Å². The Labute approximate surface area is 183 Å². The minimum atomic E-state index is -0.153. The number of benzene rings is 1. The van der Waals surface area contributed by atoms with E-state index in [2.05, 4.69) is 32.5 Å². The molecule has 0 saturated heterocycles. The summed E-state index contributed by atoms with van der Waals surface area (Å²) in [4.78, 5) is 15.0. The number of carbonyl (C=O) groups excluding carboxylic acids is 1. The summed E-state index contributed by atoms with van der Waals surface area (Å²) in [5, 5.41) is 15.3. The first kappa shape index (κ1) is 22.6. The van der Waals surface area contributed by atoms with Crippen molar-refractivity contribution in [3.63, 3.8) is 0 Å². The zero-order valence-electron chi connectivity index (χ0n) is 18.9. The maximum Gasteiger partial charge on any atom is 0.232 e. The van der Waals surface area contributed by atoms with Crippen molar-refractivity contribution in [3.8, 4) is 5.75 Å². The number of carbonyl (C=O) groups is 1. The van der Waals surface area contributed by atoms with Crippen LogP contribution in [0, 0.1) is 0 Å². The van der Waals surface area contributed by atoms with Crippen LogP contribution in [0.5, 0.6) is 5.75 Å². The summed E-state index contributed by atoms with van der Waals surface area (Å²) < 4.78 is 11.1. The molecule has 0 bridgehead atoms. The Morgan fingerprint density at radius 1 is 1.23 bits per heavy atom. The Bertz CT molecular complexity index is 970. The van der Waals surface area contributed by atoms with Gasteiger partial charge in [0.1, 0.15) is 18.2 Å². The van der Waals surface area contributed by atoms with Crippen LogP contribution in [0.4, 0.5) is 0 Å². The quantitative estimate of drug-likeness (QED) is 0.670. The second-order valence-corrected chi connectivity index (χ2v) is 8.56. The molecule has 0 saturated carbocycles. The number of aliphatic hydroxyl groups excluding tert-OH is 1. The van der Waals surface area contributed by atoms with Gasteiger partial charge in [0.15, 0.2) is 5.78 Å². The first-order chi connectivity index (χ1) is 14.6. The lowest BCUT2D eigenvalue weighted by Crippen LogP contribution is -2.27. The van der Waals surface area contributed by atoms with Crippen molar-refractivity contribution in [2.24, 2.45) is 5.10 Å². The van der Waals surface area contributed by atoms with Gasteiger partial charge in [-0.3, -0.25) is 4.79 Å². The van der Waals surface area contributed by atoms with Crippen LogP contribution >= 0.6 is 0 Å². The minimum Gasteiger partial charge on any atom is -0.491 e. The van der Waals surface area contributed by atoms with E-state index < -0.39 is 0 Å². The highest BCUT2D eigenvalue weighted by Gasteiger charge is 2.31. The molecule has 1 aromatic carbocycles. The van der Waals surface area contributed by atoms with E-state index in [0.29, 0.717) is 29.6 Å². The average molecular weight is 426 g/mol. The summed E-state index contributed by atoms with van der Waals surface area (Å²) in [5.74, 6) is 1.63. The summed E-state index contributed by atoms with van der Waals surface area (Å²) in [6.45, 7) is 15.0. The van der Waals surface area contributed by atoms with Crippen molar-refractivity contribution in [1.82, 2.24) is 9.91 Å². The Balaban J connectivity index is 1.84. The minimum absolute atomic E-state index is 0.0616. The Morgan fingerprint density at radius 3 is 2.61 bits per heavy atom. The molecule has 166 valence electrons. The van der Waals surface area contributed by atoms with Gasteiger partial charge < -0.3 is 19.5 Å². The van der Waals surface area contributed by atoms with E-state index in [4.69, 9.17) is 14.6 Å². The van der Waals surface area contributed by atoms with E-state index in [1.165, 1.54) is 0 Å². The molecule has 7 heteroatoms. The maximum absolute atomic E-state index is 13.2. The molecule has 0 aliphatic carbocycles. The lowest BCUT2D eigenvalue weighted by molar-refractivity contribution is 0.0962. The van der Waals surface area contributed by atoms with Gasteiger partial charge in [-0.1, -0.05) is 27.4 Å². The predicted octanol–water partition coefficient (Wildman–Crippen LogP) is 3.78. The van der Waals surface area contributed by atoms with E-state index in [9.17, 15) is 4.79 Å². The molecule has 0 unspecified atom stereocenters. The van der Waals surface area contributed by atoms with Crippen LogP contribution in [0.2, 0.25) is 0 Å². The number of hydrogen-bond acceptors (Lipinski definition) is 7. The Hall–Kier alpha value is -3.06. The summed E-state index contributed by atoms with van der Waals surface area (Å²) in [5.41, 5.74) is 3.26. The molecule has 1 aromatic rings. The first-order valence-corrected chi connectivity index (χ1v) is 10.4. The van der Waals surface area contributed by atoms with Crippen molar-refractivity contribution in [3.05, 3.63) is 65.3 Å². The van der Waals surface area contributed by atoms with Gasteiger partial charge in [0.05, 0.1) is 25.5 Å². The van der Waals surface area contributed by atoms with Gasteiger partial charge >= 0.3 is 0 Å². The van der Waals surface area contributed by atoms with Gasteiger partial charge in [-0.15, -0.1) is 5.10 Å². The van der Waals surface area contributed by atoms with Gasteiger partial charge in [-0.2, -0.15) is 0 Å². The van der Waals surface area contributed by atoms with E-state index in [0.717, 1.165) is 16.8 Å². The molecule has 0 aromatic heterocycles. The van der Waals surface area contributed by atoms with Crippen LogP contribution < -0.4 is 4.74 Å². The van der Waals surface area contributed by atoms with Crippen LogP contribution in [0.25, 0.3) is 0 Å². The maximum atomic E-state index is 13.2. The van der Waals surface area contributed by atoms with Crippen molar-refractivity contribution in [2.75, 3.05) is 26.4 Å². The molecule has 7 nitrogen and oxygen atoms in total. The largest absolute Gasteiger partial charge is 0.491 e. The highest BCUT2D eigenvalue weighted by atomic mass is 16.5. The number of nitrogens with zero attached hydrogens (tertiary/aromatic N) is 3. The number of ether oxygens (including phenoxy) is 2. The fraction of sp³-hybridized carbons (Fsp3) is 0.417. The fourth-order valence-electron chi connectivity index (χ4n) is 3.35. The first-order valence-electron chi connectivity index (χ1n) is 10.4. The highest BCUT2D eigenvalue weighted by Crippen LogP contribution is 2.33. The van der Waals surface area contributed by atoms with Gasteiger partial charge in [0.2, 0.25) is 5.90 Å². The SMILES string of the molecule is C=C1N(CC(=O)c2cc(OCCO)cc(C(C)(C)C)c2)C=C2C(C)=CC(OCC)=NN12. The van der Waals surface area contributed by atoms with Crippen LogP contribution in [0.1, 0.15) is 50.5 Å². The second kappa shape index (κ2) is 8.98. The van der Waals surface area contributed by atoms with Gasteiger partial charge in [-0.25, -0.2) is 5.01 Å². The van der Waals surface area contributed by atoms with Crippen molar-refractivity contribution >= 4 is 11.7 Å². The summed E-state index contributed by atoms with van der Waals surface area (Å²) in [7, 11) is 0. The van der Waals surface area contributed by atoms with Crippen LogP contribution in [0.15, 0.2) is 59.2 Å². The summed E-state index contributed by atoms with van der Waals surface area (Å²) >= 11 is 0. The molecule has 0 spiro atoms. The molecule has 3 rings (SSSR count). The molecule has 0 amide bonds. The number of Topliss-reactive ketones (excluding diaryl/α,β-unsaturated/α-hetero) is 1. The molecule has 0 fully saturated rings. The standard InChI is InChI=1S/C24H31N3O4/c1-7-30-23-10-16(2)21-14-26(17(3)27(21)25-23)15-22(29)18-11-19(24(4,5)6)13-20(12-18)31-9-8-28/h10-14,28H,3,7-9,15H2,1-2,4-6H3. The molecule has 2 aliphatic rings. The third-order valence-corrected chi connectivity index (χ3v) is 5.09. The summed E-state index contributed by atoms with van der Waals surface area (Å²) in [6, 6.07) is 5.55. The zero-order chi connectivity index (χ0) is 22.8. The van der Waals surface area contributed by atoms with Gasteiger partial charge in [0, 0.05) is 17.8 Å². The third kappa shape index (κ3) is 4.99. The lowest BCUT2D eigenvalue weighted by Gasteiger charge is -2.25. The fourth-order valence-corrected chi connectivity index (χ4v) is 3.35. The second-order valence-electron chi connectivity index (χ2n) is 8.56. The normalized spacial score (nSPS) is 15.9. The molecule has 2 aliphatic heterocycles. The molecular formula is C24H31N3O4. The number of ketones is 1. The number of hydrazone groups is 1. The van der Waals surface area contributed by atoms with Crippen LogP contribution in [-0.2, 0) is 10.2 Å². The predicted molar refractivity (Wildman–Crippen MR) is 121 cm³/mol. The molecular weight excluding hydrogens is 394 g/mol. The molecule has 31 heavy (non-hydrogen) atoms. The highest BCUT2D eigenvalue weighted by molar-refractivity contribution is 5.98. The van der Waals surface area contributed by atoms with E-state index in [1.54, 1.807) is 16.0 Å². The molecule has 0 radical (unpaired) electrons. The molecule has 0 atom stereocenters. The van der Waals surface area contributed by atoms with E-state index in [-0.39, 0.29) is 31.0 Å². The van der Waals surface area contributed by atoms with E-state index >= 15 is 0 Å². The van der Waals surface area contributed by atoms with E-state index in [1.807, 2.05) is 38.3 Å². The van der Waals surface area contributed by atoms with Crippen LogP contribution in [-0.4, -0.2) is 53.1 Å². The number of aliphatic hydroxyl groups is 1. The van der Waals surface area contributed by atoms with Crippen molar-refractivity contribution < 1.29 is 19.4 Å². The Kier molecular flexibility index (Phi) is 6.55. The monoisotopic (exact) mass is 425 g/mol. The van der Waals surface area contributed by atoms with Crippen molar-refractivity contribution in [1.29, 1.82) is 0 Å². The Morgan fingerprint density at radius 2 is 1.97 bits per heavy atom. The number of allylic oxidation sites excluding steroid dienone is 1. The lowest BCUT2D eigenvalue weighted by atomic mass is 9.85. The average Bonchev–Trinajstić information content (AvgIpc) is 3.02. The molecule has 2 heterocycles. The van der Waals surface area contributed by atoms with Crippen molar-refractivity contribution in [2.45, 2.75) is 40.0 Å². The number of rotatable bonds is 7. The van der Waals surface area contributed by atoms with Gasteiger partial charge in [-0.05, 0) is 48.6 Å². The number of fused-ring (bicyclic) bond motifs is 1.